The van der Waals surface area contributed by atoms with Crippen LogP contribution in [0.1, 0.15) is 23.9 Å². The molecule has 0 amide bonds. The minimum atomic E-state index is 0.640. The number of halogens is 1. The van der Waals surface area contributed by atoms with Crippen LogP contribution in [0.4, 0.5) is 0 Å². The summed E-state index contributed by atoms with van der Waals surface area (Å²) in [7, 11) is 1.69. The summed E-state index contributed by atoms with van der Waals surface area (Å²) >= 11 is 3.58. The van der Waals surface area contributed by atoms with E-state index in [9.17, 15) is 0 Å². The Morgan fingerprint density at radius 3 is 2.67 bits per heavy atom. The zero-order chi connectivity index (χ0) is 17.3. The van der Waals surface area contributed by atoms with Gasteiger partial charge in [0.05, 0.1) is 31.3 Å². The van der Waals surface area contributed by atoms with E-state index < -0.39 is 0 Å². The van der Waals surface area contributed by atoms with Gasteiger partial charge in [-0.05, 0) is 50.6 Å². The minimum Gasteiger partial charge on any atom is -0.496 e. The fourth-order valence-electron chi connectivity index (χ4n) is 2.95. The highest BCUT2D eigenvalue weighted by Crippen LogP contribution is 2.29. The fraction of sp³-hybridized carbons (Fsp3) is 0.316. The van der Waals surface area contributed by atoms with E-state index in [0.717, 1.165) is 38.4 Å². The molecule has 24 heavy (non-hydrogen) atoms. The molecular formula is C19H21BrN2O2. The topological polar surface area (TPSA) is 36.3 Å². The van der Waals surface area contributed by atoms with Gasteiger partial charge in [0.1, 0.15) is 17.3 Å². The standard InChI is InChI=1S/C19H21BrN2O2/c1-5-24-16-7-6-14(18(10-16)23-4)11-22-13(3)21-19-12(2)8-15(20)9-17(19)22/h6-10H,5,11H2,1-4H3. The first-order valence-corrected chi connectivity index (χ1v) is 8.75. The van der Waals surface area contributed by atoms with Gasteiger partial charge < -0.3 is 14.0 Å². The number of fused-ring (bicyclic) bond motifs is 1. The smallest absolute Gasteiger partial charge is 0.127 e. The summed E-state index contributed by atoms with van der Waals surface area (Å²) in [5, 5.41) is 0. The normalized spacial score (nSPS) is 11.0. The number of nitrogens with zero attached hydrogens (tertiary/aromatic N) is 2. The lowest BCUT2D eigenvalue weighted by Crippen LogP contribution is -2.04. The highest BCUT2D eigenvalue weighted by Gasteiger charge is 2.13. The molecule has 2 aromatic carbocycles. The summed E-state index contributed by atoms with van der Waals surface area (Å²) in [5.74, 6) is 2.64. The number of aryl methyl sites for hydroxylation is 2. The first kappa shape index (κ1) is 16.8. The Balaban J connectivity index is 2.05. The quantitative estimate of drug-likeness (QED) is 0.625. The van der Waals surface area contributed by atoms with Crippen LogP contribution in [0.2, 0.25) is 0 Å². The molecule has 0 spiro atoms. The van der Waals surface area contributed by atoms with Gasteiger partial charge in [0.15, 0.2) is 0 Å². The van der Waals surface area contributed by atoms with Crippen molar-refractivity contribution >= 4 is 27.0 Å². The number of rotatable bonds is 5. The maximum Gasteiger partial charge on any atom is 0.127 e. The molecule has 1 aromatic heterocycles. The van der Waals surface area contributed by atoms with Crippen LogP contribution in [0.25, 0.3) is 11.0 Å². The Kier molecular flexibility index (Phi) is 4.81. The lowest BCUT2D eigenvalue weighted by molar-refractivity contribution is 0.335. The lowest BCUT2D eigenvalue weighted by Gasteiger charge is -2.13. The van der Waals surface area contributed by atoms with E-state index in [0.29, 0.717) is 13.2 Å². The Hall–Kier alpha value is -2.01. The molecule has 4 nitrogen and oxygen atoms in total. The molecule has 1 heterocycles. The fourth-order valence-corrected chi connectivity index (χ4v) is 3.51. The van der Waals surface area contributed by atoms with Crippen LogP contribution >= 0.6 is 15.9 Å². The number of imidazole rings is 1. The van der Waals surface area contributed by atoms with E-state index in [1.165, 1.54) is 5.56 Å². The third kappa shape index (κ3) is 3.13. The Morgan fingerprint density at radius 2 is 1.96 bits per heavy atom. The number of hydrogen-bond acceptors (Lipinski definition) is 3. The molecule has 0 saturated heterocycles. The molecule has 0 aliphatic rings. The van der Waals surface area contributed by atoms with Gasteiger partial charge in [-0.3, -0.25) is 0 Å². The number of ether oxygens (including phenoxy) is 2. The first-order valence-electron chi connectivity index (χ1n) is 7.96. The molecule has 0 aliphatic heterocycles. The summed E-state index contributed by atoms with van der Waals surface area (Å²) in [4.78, 5) is 4.73. The molecule has 126 valence electrons. The Bertz CT molecular complexity index is 887. The molecule has 0 saturated carbocycles. The Labute approximate surface area is 150 Å². The van der Waals surface area contributed by atoms with Crippen molar-refractivity contribution in [1.29, 1.82) is 0 Å². The molecule has 3 rings (SSSR count). The molecule has 0 radical (unpaired) electrons. The van der Waals surface area contributed by atoms with Gasteiger partial charge in [-0.1, -0.05) is 15.9 Å². The molecule has 0 bridgehead atoms. The van der Waals surface area contributed by atoms with Crippen LogP contribution in [0.15, 0.2) is 34.8 Å². The van der Waals surface area contributed by atoms with Crippen molar-refractivity contribution in [2.24, 2.45) is 0 Å². The highest BCUT2D eigenvalue weighted by atomic mass is 79.9. The van der Waals surface area contributed by atoms with E-state index in [4.69, 9.17) is 14.5 Å². The molecule has 0 fully saturated rings. The van der Waals surface area contributed by atoms with Gasteiger partial charge in [-0.15, -0.1) is 0 Å². The summed E-state index contributed by atoms with van der Waals surface area (Å²) in [6.07, 6.45) is 0. The minimum absolute atomic E-state index is 0.640. The number of aromatic nitrogens is 2. The van der Waals surface area contributed by atoms with Crippen LogP contribution in [0.3, 0.4) is 0 Å². The SMILES string of the molecule is CCOc1ccc(Cn2c(C)nc3c(C)cc(Br)cc32)c(OC)c1. The van der Waals surface area contributed by atoms with Crippen LogP contribution in [-0.4, -0.2) is 23.3 Å². The van der Waals surface area contributed by atoms with Crippen molar-refractivity contribution in [3.05, 3.63) is 51.8 Å². The summed E-state index contributed by atoms with van der Waals surface area (Å²) in [5.41, 5.74) is 4.43. The van der Waals surface area contributed by atoms with Crippen molar-refractivity contribution in [2.75, 3.05) is 13.7 Å². The van der Waals surface area contributed by atoms with E-state index >= 15 is 0 Å². The predicted octanol–water partition coefficient (Wildman–Crippen LogP) is 4.87. The summed E-state index contributed by atoms with van der Waals surface area (Å²) < 4.78 is 14.4. The highest BCUT2D eigenvalue weighted by molar-refractivity contribution is 9.10. The van der Waals surface area contributed by atoms with E-state index in [2.05, 4.69) is 45.6 Å². The van der Waals surface area contributed by atoms with Crippen molar-refractivity contribution in [3.8, 4) is 11.5 Å². The van der Waals surface area contributed by atoms with Crippen LogP contribution in [0.5, 0.6) is 11.5 Å². The predicted molar refractivity (Wildman–Crippen MR) is 100 cm³/mol. The number of benzene rings is 2. The van der Waals surface area contributed by atoms with Gasteiger partial charge in [0, 0.05) is 16.1 Å². The lowest BCUT2D eigenvalue weighted by atomic mass is 10.1. The number of hydrogen-bond donors (Lipinski definition) is 0. The van der Waals surface area contributed by atoms with E-state index in [1.807, 2.05) is 26.0 Å². The molecule has 0 aliphatic carbocycles. The zero-order valence-corrected chi connectivity index (χ0v) is 16.0. The number of methoxy groups -OCH3 is 1. The van der Waals surface area contributed by atoms with Gasteiger partial charge in [0.2, 0.25) is 0 Å². The van der Waals surface area contributed by atoms with Crippen molar-refractivity contribution in [2.45, 2.75) is 27.3 Å². The second-order valence-corrected chi connectivity index (χ2v) is 6.66. The maximum atomic E-state index is 5.56. The molecular weight excluding hydrogens is 368 g/mol. The van der Waals surface area contributed by atoms with Gasteiger partial charge >= 0.3 is 0 Å². The third-order valence-electron chi connectivity index (χ3n) is 4.10. The molecule has 0 atom stereocenters. The van der Waals surface area contributed by atoms with Crippen LogP contribution < -0.4 is 9.47 Å². The molecule has 3 aromatic rings. The van der Waals surface area contributed by atoms with Gasteiger partial charge in [-0.2, -0.15) is 0 Å². The van der Waals surface area contributed by atoms with Crippen molar-refractivity contribution in [1.82, 2.24) is 9.55 Å². The van der Waals surface area contributed by atoms with Gasteiger partial charge in [0.25, 0.3) is 0 Å². The zero-order valence-electron chi connectivity index (χ0n) is 14.4. The monoisotopic (exact) mass is 388 g/mol. The van der Waals surface area contributed by atoms with Crippen molar-refractivity contribution in [3.63, 3.8) is 0 Å². The summed E-state index contributed by atoms with van der Waals surface area (Å²) in [6.45, 7) is 7.44. The van der Waals surface area contributed by atoms with Crippen LogP contribution in [0, 0.1) is 13.8 Å². The largest absolute Gasteiger partial charge is 0.496 e. The molecule has 0 N–H and O–H groups in total. The van der Waals surface area contributed by atoms with E-state index in [1.54, 1.807) is 7.11 Å². The van der Waals surface area contributed by atoms with E-state index in [-0.39, 0.29) is 0 Å². The average Bonchev–Trinajstić information content (AvgIpc) is 2.86. The van der Waals surface area contributed by atoms with Crippen LogP contribution in [-0.2, 0) is 6.54 Å². The maximum absolute atomic E-state index is 5.56. The average molecular weight is 389 g/mol. The summed E-state index contributed by atoms with van der Waals surface area (Å²) in [6, 6.07) is 10.2. The van der Waals surface area contributed by atoms with Gasteiger partial charge in [-0.25, -0.2) is 4.98 Å². The molecule has 5 heteroatoms. The Morgan fingerprint density at radius 1 is 1.17 bits per heavy atom. The third-order valence-corrected chi connectivity index (χ3v) is 4.56. The first-order chi connectivity index (χ1) is 11.5. The van der Waals surface area contributed by atoms with Crippen molar-refractivity contribution < 1.29 is 9.47 Å². The second kappa shape index (κ2) is 6.85. The molecule has 0 unspecified atom stereocenters. The second-order valence-electron chi connectivity index (χ2n) is 5.74.